The minimum atomic E-state index is -0.316. The van der Waals surface area contributed by atoms with E-state index in [-0.39, 0.29) is 29.8 Å². The van der Waals surface area contributed by atoms with Gasteiger partial charge in [-0.25, -0.2) is 9.18 Å². The van der Waals surface area contributed by atoms with Gasteiger partial charge < -0.3 is 16.0 Å². The van der Waals surface area contributed by atoms with E-state index in [0.29, 0.717) is 17.4 Å². The van der Waals surface area contributed by atoms with Crippen LogP contribution in [0.1, 0.15) is 25.7 Å². The number of fused-ring (bicyclic) bond motifs is 1. The van der Waals surface area contributed by atoms with Crippen LogP contribution < -0.4 is 16.0 Å². The zero-order chi connectivity index (χ0) is 16.2. The normalized spacial score (nSPS) is 25.6. The molecule has 3 rings (SSSR count). The summed E-state index contributed by atoms with van der Waals surface area (Å²) >= 11 is 1.89. The Labute approximate surface area is 138 Å². The Morgan fingerprint density at radius 3 is 2.83 bits per heavy atom. The number of unbranched alkanes of at least 4 members (excludes halogenated alkanes) is 1. The average Bonchev–Trinajstić information content (AvgIpc) is 3.06. The molecule has 2 aliphatic heterocycles. The number of anilines is 1. The predicted molar refractivity (Wildman–Crippen MR) is 89.0 cm³/mol. The minimum absolute atomic E-state index is 0.0515. The first-order chi connectivity index (χ1) is 11.1. The van der Waals surface area contributed by atoms with Crippen LogP contribution in [0.3, 0.4) is 0 Å². The topological polar surface area (TPSA) is 70.2 Å². The first kappa shape index (κ1) is 16.1. The summed E-state index contributed by atoms with van der Waals surface area (Å²) in [4.78, 5) is 23.2. The predicted octanol–water partition coefficient (Wildman–Crippen LogP) is 2.49. The fourth-order valence-corrected chi connectivity index (χ4v) is 4.57. The molecular weight excluding hydrogens is 317 g/mol. The fourth-order valence-electron chi connectivity index (χ4n) is 3.03. The van der Waals surface area contributed by atoms with Crippen molar-refractivity contribution < 1.29 is 14.0 Å². The van der Waals surface area contributed by atoms with Gasteiger partial charge >= 0.3 is 6.03 Å². The van der Waals surface area contributed by atoms with Crippen molar-refractivity contribution in [3.8, 4) is 0 Å². The lowest BCUT2D eigenvalue weighted by atomic mass is 10.0. The molecule has 1 aromatic rings. The summed E-state index contributed by atoms with van der Waals surface area (Å²) < 4.78 is 12.8. The molecule has 2 aliphatic rings. The molecule has 2 fully saturated rings. The van der Waals surface area contributed by atoms with Gasteiger partial charge in [0.1, 0.15) is 5.82 Å². The van der Waals surface area contributed by atoms with E-state index >= 15 is 0 Å². The van der Waals surface area contributed by atoms with Crippen molar-refractivity contribution in [2.45, 2.75) is 43.0 Å². The summed E-state index contributed by atoms with van der Waals surface area (Å²) in [6, 6.07) is 6.17. The Hall–Kier alpha value is -1.76. The second kappa shape index (κ2) is 7.21. The monoisotopic (exact) mass is 337 g/mol. The Morgan fingerprint density at radius 1 is 1.26 bits per heavy atom. The molecule has 0 aromatic heterocycles. The largest absolute Gasteiger partial charge is 0.332 e. The van der Waals surface area contributed by atoms with Crippen LogP contribution in [-0.2, 0) is 4.79 Å². The molecule has 1 aromatic carbocycles. The molecule has 3 amide bonds. The molecular formula is C16H20FN3O2S. The maximum Gasteiger partial charge on any atom is 0.315 e. The van der Waals surface area contributed by atoms with Crippen molar-refractivity contribution >= 4 is 29.4 Å². The number of carbonyl (C=O) groups excluding carboxylic acids is 2. The van der Waals surface area contributed by atoms with E-state index in [1.807, 2.05) is 11.8 Å². The molecule has 0 saturated carbocycles. The molecule has 0 spiro atoms. The quantitative estimate of drug-likeness (QED) is 0.552. The van der Waals surface area contributed by atoms with E-state index in [1.54, 1.807) is 12.1 Å². The molecule has 7 heteroatoms. The van der Waals surface area contributed by atoms with E-state index < -0.39 is 0 Å². The van der Waals surface area contributed by atoms with E-state index in [9.17, 15) is 14.0 Å². The summed E-state index contributed by atoms with van der Waals surface area (Å²) in [5, 5.41) is 9.09. The number of nitrogens with one attached hydrogen (secondary N) is 3. The molecule has 0 radical (unpaired) electrons. The summed E-state index contributed by atoms with van der Waals surface area (Å²) in [6.07, 6.45) is 3.21. The molecule has 23 heavy (non-hydrogen) atoms. The number of hydrogen-bond acceptors (Lipinski definition) is 3. The minimum Gasteiger partial charge on any atom is -0.332 e. The molecule has 124 valence electrons. The Morgan fingerprint density at radius 2 is 2.04 bits per heavy atom. The maximum atomic E-state index is 12.8. The lowest BCUT2D eigenvalue weighted by Gasteiger charge is -2.16. The lowest BCUT2D eigenvalue weighted by Crippen LogP contribution is -2.36. The SMILES string of the molecule is O=C(CCCCC1SCC2NC(=O)NC21)Nc1ccc(F)cc1. The number of amides is 3. The Balaban J connectivity index is 1.34. The van der Waals surface area contributed by atoms with Gasteiger partial charge in [0, 0.05) is 23.1 Å². The lowest BCUT2D eigenvalue weighted by molar-refractivity contribution is -0.116. The third-order valence-electron chi connectivity index (χ3n) is 4.21. The van der Waals surface area contributed by atoms with E-state index in [0.717, 1.165) is 25.0 Å². The molecule has 3 atom stereocenters. The highest BCUT2D eigenvalue weighted by Gasteiger charge is 2.42. The smallest absolute Gasteiger partial charge is 0.315 e. The van der Waals surface area contributed by atoms with E-state index in [4.69, 9.17) is 0 Å². The number of rotatable bonds is 6. The molecule has 0 aliphatic carbocycles. The summed E-state index contributed by atoms with van der Waals surface area (Å²) in [7, 11) is 0. The van der Waals surface area contributed by atoms with Gasteiger partial charge in [-0.3, -0.25) is 4.79 Å². The third-order valence-corrected chi connectivity index (χ3v) is 5.72. The summed E-state index contributed by atoms with van der Waals surface area (Å²) in [5.41, 5.74) is 0.616. The van der Waals surface area contributed by atoms with E-state index in [2.05, 4.69) is 16.0 Å². The first-order valence-corrected chi connectivity index (χ1v) is 8.91. The van der Waals surface area contributed by atoms with Gasteiger partial charge in [0.15, 0.2) is 0 Å². The highest BCUT2D eigenvalue weighted by Crippen LogP contribution is 2.33. The van der Waals surface area contributed by atoms with Crippen LogP contribution in [0.5, 0.6) is 0 Å². The van der Waals surface area contributed by atoms with Gasteiger partial charge in [-0.2, -0.15) is 11.8 Å². The van der Waals surface area contributed by atoms with Crippen molar-refractivity contribution in [3.05, 3.63) is 30.1 Å². The zero-order valence-electron chi connectivity index (χ0n) is 12.7. The van der Waals surface area contributed by atoms with Crippen molar-refractivity contribution in [2.24, 2.45) is 0 Å². The molecule has 5 nitrogen and oxygen atoms in total. The van der Waals surface area contributed by atoms with Gasteiger partial charge in [0.25, 0.3) is 0 Å². The number of halogens is 1. The number of carbonyl (C=O) groups is 2. The number of thioether (sulfide) groups is 1. The number of benzene rings is 1. The van der Waals surface area contributed by atoms with Crippen LogP contribution in [0.2, 0.25) is 0 Å². The van der Waals surface area contributed by atoms with E-state index in [1.165, 1.54) is 12.1 Å². The standard InChI is InChI=1S/C16H20FN3O2S/c17-10-5-7-11(8-6-10)18-14(21)4-2-1-3-13-15-12(9-23-13)19-16(22)20-15/h5-8,12-13,15H,1-4,9H2,(H,18,21)(H2,19,20,22). The van der Waals surface area contributed by atoms with Gasteiger partial charge in [-0.05, 0) is 37.1 Å². The van der Waals surface area contributed by atoms with Crippen molar-refractivity contribution in [1.29, 1.82) is 0 Å². The molecule has 0 bridgehead atoms. The Bertz CT molecular complexity index is 581. The second-order valence-electron chi connectivity index (χ2n) is 5.92. The van der Waals surface area contributed by atoms with Crippen LogP contribution in [0.25, 0.3) is 0 Å². The van der Waals surface area contributed by atoms with Gasteiger partial charge in [0.05, 0.1) is 12.1 Å². The third kappa shape index (κ3) is 4.16. The van der Waals surface area contributed by atoms with Crippen LogP contribution >= 0.6 is 11.8 Å². The van der Waals surface area contributed by atoms with Crippen molar-refractivity contribution in [1.82, 2.24) is 10.6 Å². The first-order valence-electron chi connectivity index (χ1n) is 7.86. The number of urea groups is 1. The summed E-state index contributed by atoms with van der Waals surface area (Å²) in [5.74, 6) is 0.590. The van der Waals surface area contributed by atoms with Crippen LogP contribution in [0.15, 0.2) is 24.3 Å². The molecule has 3 N–H and O–H groups in total. The van der Waals surface area contributed by atoms with Gasteiger partial charge in [0.2, 0.25) is 5.91 Å². The van der Waals surface area contributed by atoms with Crippen LogP contribution in [0.4, 0.5) is 14.9 Å². The van der Waals surface area contributed by atoms with Crippen molar-refractivity contribution in [3.63, 3.8) is 0 Å². The van der Waals surface area contributed by atoms with Gasteiger partial charge in [-0.1, -0.05) is 6.42 Å². The highest BCUT2D eigenvalue weighted by atomic mass is 32.2. The average molecular weight is 337 g/mol. The van der Waals surface area contributed by atoms with Crippen molar-refractivity contribution in [2.75, 3.05) is 11.1 Å². The molecule has 3 unspecified atom stereocenters. The fraction of sp³-hybridized carbons (Fsp3) is 0.500. The second-order valence-corrected chi connectivity index (χ2v) is 7.19. The maximum absolute atomic E-state index is 12.8. The zero-order valence-corrected chi connectivity index (χ0v) is 13.5. The molecule has 2 saturated heterocycles. The van der Waals surface area contributed by atoms with Gasteiger partial charge in [-0.15, -0.1) is 0 Å². The molecule has 2 heterocycles. The van der Waals surface area contributed by atoms with Crippen LogP contribution in [-0.4, -0.2) is 35.0 Å². The highest BCUT2D eigenvalue weighted by molar-refractivity contribution is 8.00. The summed E-state index contributed by atoms with van der Waals surface area (Å²) in [6.45, 7) is 0. The van der Waals surface area contributed by atoms with Crippen LogP contribution in [0, 0.1) is 5.82 Å². The number of hydrogen-bond donors (Lipinski definition) is 3. The Kier molecular flexibility index (Phi) is 5.05.